The van der Waals surface area contributed by atoms with E-state index in [9.17, 15) is 4.79 Å². The number of rotatable bonds is 4. The van der Waals surface area contributed by atoms with Crippen molar-refractivity contribution in [1.82, 2.24) is 9.71 Å². The summed E-state index contributed by atoms with van der Waals surface area (Å²) in [4.78, 5) is 16.1. The first-order chi connectivity index (χ1) is 10.9. The molecule has 1 amide bonds. The number of ether oxygens (including phenoxy) is 2. The summed E-state index contributed by atoms with van der Waals surface area (Å²) in [6.45, 7) is 6.32. The maximum absolute atomic E-state index is 11.9. The highest BCUT2D eigenvalue weighted by Crippen LogP contribution is 2.25. The number of carbonyl (C=O) groups excluding carboxylic acids is 1. The summed E-state index contributed by atoms with van der Waals surface area (Å²) >= 11 is 1.07. The third kappa shape index (κ3) is 5.17. The number of benzene rings is 1. The smallest absolute Gasteiger partial charge is 0.422 e. The average molecular weight is 332 g/mol. The topological polar surface area (TPSA) is 60.5 Å². The lowest BCUT2D eigenvalue weighted by Gasteiger charge is -2.19. The fraction of sp³-hybridized carbons (Fsp3) is 0.294. The number of hydrogen-bond donors (Lipinski definition) is 1. The molecule has 0 spiro atoms. The van der Waals surface area contributed by atoms with Gasteiger partial charge in [-0.15, -0.1) is 0 Å². The molecular formula is C17H20N2O3S. The van der Waals surface area contributed by atoms with Crippen LogP contribution in [0.25, 0.3) is 0 Å². The van der Waals surface area contributed by atoms with Crippen molar-refractivity contribution >= 4 is 18.0 Å². The van der Waals surface area contributed by atoms with E-state index in [1.54, 1.807) is 31.4 Å². The summed E-state index contributed by atoms with van der Waals surface area (Å²) in [6, 6.07) is 12.8. The van der Waals surface area contributed by atoms with Crippen molar-refractivity contribution in [3.8, 4) is 11.6 Å². The lowest BCUT2D eigenvalue weighted by Crippen LogP contribution is -2.20. The highest BCUT2D eigenvalue weighted by molar-refractivity contribution is 7.97. The van der Waals surface area contributed by atoms with Gasteiger partial charge in [-0.2, -0.15) is 0 Å². The van der Waals surface area contributed by atoms with Crippen molar-refractivity contribution in [2.24, 2.45) is 0 Å². The molecule has 5 nitrogen and oxygen atoms in total. The van der Waals surface area contributed by atoms with Gasteiger partial charge in [-0.05, 0) is 29.2 Å². The number of aromatic nitrogens is 1. The Balaban J connectivity index is 1.94. The molecule has 0 aliphatic carbocycles. The second-order valence-electron chi connectivity index (χ2n) is 5.89. The Hall–Kier alpha value is -2.21. The number of nitrogens with zero attached hydrogens (tertiary/aromatic N) is 1. The third-order valence-corrected chi connectivity index (χ3v) is 3.76. The van der Waals surface area contributed by atoms with Crippen LogP contribution < -0.4 is 14.2 Å². The first-order valence-corrected chi connectivity index (χ1v) is 7.96. The average Bonchev–Trinajstić information content (AvgIpc) is 2.52. The van der Waals surface area contributed by atoms with Crippen LogP contribution in [0.1, 0.15) is 26.3 Å². The van der Waals surface area contributed by atoms with E-state index in [1.807, 2.05) is 18.2 Å². The molecule has 0 aliphatic heterocycles. The normalized spacial score (nSPS) is 11.0. The predicted molar refractivity (Wildman–Crippen MR) is 90.9 cm³/mol. The third-order valence-electron chi connectivity index (χ3n) is 3.06. The van der Waals surface area contributed by atoms with E-state index in [-0.39, 0.29) is 5.41 Å². The van der Waals surface area contributed by atoms with Crippen molar-refractivity contribution in [2.45, 2.75) is 31.2 Å². The summed E-state index contributed by atoms with van der Waals surface area (Å²) in [5.74, 6) is 0.997. The van der Waals surface area contributed by atoms with E-state index in [4.69, 9.17) is 9.47 Å². The molecule has 0 fully saturated rings. The van der Waals surface area contributed by atoms with E-state index in [1.165, 1.54) is 0 Å². The van der Waals surface area contributed by atoms with Gasteiger partial charge in [0.1, 0.15) is 10.8 Å². The summed E-state index contributed by atoms with van der Waals surface area (Å²) in [6.07, 6.45) is -0.550. The minimum absolute atomic E-state index is 0.00485. The first kappa shape index (κ1) is 17.1. The second kappa shape index (κ2) is 7.37. The first-order valence-electron chi connectivity index (χ1n) is 7.15. The van der Waals surface area contributed by atoms with Gasteiger partial charge in [0, 0.05) is 18.0 Å². The van der Waals surface area contributed by atoms with Gasteiger partial charge < -0.3 is 9.47 Å². The van der Waals surface area contributed by atoms with Crippen molar-refractivity contribution < 1.29 is 14.3 Å². The lowest BCUT2D eigenvalue weighted by molar-refractivity contribution is 0.207. The van der Waals surface area contributed by atoms with E-state index >= 15 is 0 Å². The highest BCUT2D eigenvalue weighted by atomic mass is 32.2. The molecule has 6 heteroatoms. The van der Waals surface area contributed by atoms with E-state index in [0.717, 1.165) is 17.5 Å². The minimum atomic E-state index is -0.550. The largest absolute Gasteiger partial charge is 0.481 e. The van der Waals surface area contributed by atoms with Gasteiger partial charge in [-0.1, -0.05) is 39.0 Å². The fourth-order valence-corrected chi connectivity index (χ4v) is 2.33. The number of carbonyl (C=O) groups is 1. The molecule has 1 heterocycles. The lowest BCUT2D eigenvalue weighted by atomic mass is 9.87. The van der Waals surface area contributed by atoms with Gasteiger partial charge in [-0.3, -0.25) is 4.72 Å². The van der Waals surface area contributed by atoms with Crippen LogP contribution in [-0.4, -0.2) is 18.2 Å². The Morgan fingerprint density at radius 3 is 2.61 bits per heavy atom. The molecule has 0 radical (unpaired) electrons. The molecule has 0 bridgehead atoms. The number of pyridine rings is 1. The predicted octanol–water partition coefficient (Wildman–Crippen LogP) is 4.18. The van der Waals surface area contributed by atoms with Gasteiger partial charge in [0.2, 0.25) is 5.88 Å². The van der Waals surface area contributed by atoms with Crippen molar-refractivity contribution in [3.05, 3.63) is 48.0 Å². The summed E-state index contributed by atoms with van der Waals surface area (Å²) < 4.78 is 12.9. The Morgan fingerprint density at radius 1 is 1.17 bits per heavy atom. The molecule has 0 saturated carbocycles. The molecule has 1 aromatic carbocycles. The number of hydrogen-bond acceptors (Lipinski definition) is 5. The minimum Gasteiger partial charge on any atom is -0.481 e. The standard InChI is InChI=1S/C17H20N2O3S/c1-17(2,3)12-7-5-8-13(11-12)22-16(20)19-23-15-10-6-9-14(18-15)21-4/h5-11H,1-4H3,(H,19,20). The van der Waals surface area contributed by atoms with E-state index < -0.39 is 6.09 Å². The van der Waals surface area contributed by atoms with Crippen LogP contribution in [0.2, 0.25) is 0 Å². The molecule has 0 aliphatic rings. The maximum atomic E-state index is 11.9. The highest BCUT2D eigenvalue weighted by Gasteiger charge is 2.15. The van der Waals surface area contributed by atoms with Gasteiger partial charge >= 0.3 is 6.09 Å². The van der Waals surface area contributed by atoms with Crippen LogP contribution in [0, 0.1) is 0 Å². The van der Waals surface area contributed by atoms with Gasteiger partial charge in [-0.25, -0.2) is 9.78 Å². The molecule has 1 aromatic heterocycles. The number of nitrogens with one attached hydrogen (secondary N) is 1. The summed E-state index contributed by atoms with van der Waals surface area (Å²) in [7, 11) is 1.54. The molecule has 2 rings (SSSR count). The van der Waals surface area contributed by atoms with Crippen molar-refractivity contribution in [1.29, 1.82) is 0 Å². The Morgan fingerprint density at radius 2 is 1.91 bits per heavy atom. The Bertz CT molecular complexity index is 684. The molecule has 0 atom stereocenters. The number of amides is 1. The molecule has 2 aromatic rings. The van der Waals surface area contributed by atoms with Crippen LogP contribution in [0.15, 0.2) is 47.5 Å². The van der Waals surface area contributed by atoms with Gasteiger partial charge in [0.15, 0.2) is 0 Å². The fourth-order valence-electron chi connectivity index (χ4n) is 1.81. The zero-order valence-electron chi connectivity index (χ0n) is 13.6. The van der Waals surface area contributed by atoms with Crippen LogP contribution in [0.5, 0.6) is 11.6 Å². The Labute approximate surface area is 140 Å². The zero-order chi connectivity index (χ0) is 16.9. The Kier molecular flexibility index (Phi) is 5.50. The van der Waals surface area contributed by atoms with E-state index in [0.29, 0.717) is 16.7 Å². The van der Waals surface area contributed by atoms with Crippen LogP contribution in [0.4, 0.5) is 4.79 Å². The monoisotopic (exact) mass is 332 g/mol. The quantitative estimate of drug-likeness (QED) is 0.851. The van der Waals surface area contributed by atoms with Gasteiger partial charge in [0.25, 0.3) is 0 Å². The summed E-state index contributed by atoms with van der Waals surface area (Å²) in [5.41, 5.74) is 1.10. The second-order valence-corrected chi connectivity index (χ2v) is 6.72. The van der Waals surface area contributed by atoms with Crippen molar-refractivity contribution in [3.63, 3.8) is 0 Å². The molecule has 23 heavy (non-hydrogen) atoms. The molecule has 0 unspecified atom stereocenters. The zero-order valence-corrected chi connectivity index (χ0v) is 14.4. The maximum Gasteiger partial charge on any atom is 0.422 e. The van der Waals surface area contributed by atoms with Crippen molar-refractivity contribution in [2.75, 3.05) is 7.11 Å². The molecule has 122 valence electrons. The number of methoxy groups -OCH3 is 1. The van der Waals surface area contributed by atoms with E-state index in [2.05, 4.69) is 30.5 Å². The molecule has 0 saturated heterocycles. The SMILES string of the molecule is COc1cccc(SNC(=O)Oc2cccc(C(C)(C)C)c2)n1. The van der Waals surface area contributed by atoms with Crippen LogP contribution >= 0.6 is 11.9 Å². The summed E-state index contributed by atoms with van der Waals surface area (Å²) in [5, 5.41) is 0.616. The molecule has 1 N–H and O–H groups in total. The molecular weight excluding hydrogens is 312 g/mol. The van der Waals surface area contributed by atoms with Crippen LogP contribution in [0.3, 0.4) is 0 Å². The van der Waals surface area contributed by atoms with Gasteiger partial charge in [0.05, 0.1) is 7.11 Å². The van der Waals surface area contributed by atoms with Crippen LogP contribution in [-0.2, 0) is 5.41 Å².